The molecule has 32 heavy (non-hydrogen) atoms. The lowest BCUT2D eigenvalue weighted by molar-refractivity contribution is -0.133. The van der Waals surface area contributed by atoms with Crippen LogP contribution in [0.2, 0.25) is 0 Å². The van der Waals surface area contributed by atoms with Crippen LogP contribution in [0.3, 0.4) is 0 Å². The van der Waals surface area contributed by atoms with E-state index in [0.29, 0.717) is 24.5 Å². The fraction of sp³-hybridized carbons (Fsp3) is 0.200. The number of amides is 3. The highest BCUT2D eigenvalue weighted by Crippen LogP contribution is 2.21. The van der Waals surface area contributed by atoms with Crippen LogP contribution in [0.4, 0.5) is 10.5 Å². The molecule has 0 spiro atoms. The van der Waals surface area contributed by atoms with Crippen molar-refractivity contribution < 1.29 is 14.0 Å². The molecule has 0 radical (unpaired) electrons. The molecule has 0 aliphatic carbocycles. The minimum Gasteiger partial charge on any atom is -0.464 e. The number of halogens is 1. The molecule has 0 saturated heterocycles. The zero-order valence-electron chi connectivity index (χ0n) is 18.0. The summed E-state index contributed by atoms with van der Waals surface area (Å²) in [7, 11) is 0. The number of carbonyl (C=O) groups excluding carboxylic acids is 2. The van der Waals surface area contributed by atoms with Gasteiger partial charge in [-0.15, -0.1) is 6.58 Å². The molecule has 0 saturated carbocycles. The lowest BCUT2D eigenvalue weighted by Gasteiger charge is -2.27. The summed E-state index contributed by atoms with van der Waals surface area (Å²) in [6, 6.07) is 20.4. The molecule has 3 amide bonds. The normalized spacial score (nSPS) is 10.4. The summed E-state index contributed by atoms with van der Waals surface area (Å²) in [5, 5.41) is 2.85. The lowest BCUT2D eigenvalue weighted by Crippen LogP contribution is -2.44. The number of carbonyl (C=O) groups is 2. The number of benzene rings is 2. The van der Waals surface area contributed by atoms with Crippen LogP contribution in [-0.2, 0) is 17.9 Å². The Balaban J connectivity index is 1.75. The minimum atomic E-state index is -0.376. The van der Waals surface area contributed by atoms with Crippen molar-refractivity contribution in [2.45, 2.75) is 20.0 Å². The largest absolute Gasteiger partial charge is 0.464 e. The lowest BCUT2D eigenvalue weighted by atomic mass is 10.2. The smallest absolute Gasteiger partial charge is 0.322 e. The highest BCUT2D eigenvalue weighted by Gasteiger charge is 2.22. The van der Waals surface area contributed by atoms with Crippen LogP contribution in [0.25, 0.3) is 0 Å². The van der Waals surface area contributed by atoms with E-state index in [1.807, 2.05) is 67.6 Å². The maximum Gasteiger partial charge on any atom is 0.322 e. The second-order valence-corrected chi connectivity index (χ2v) is 8.18. The van der Waals surface area contributed by atoms with E-state index < -0.39 is 0 Å². The predicted octanol–water partition coefficient (Wildman–Crippen LogP) is 5.60. The highest BCUT2D eigenvalue weighted by atomic mass is 79.9. The molecule has 7 heteroatoms. The standard InChI is InChI=1S/C25H26BrN3O3/c1-3-15-28(25(31)27-23-12-8-7-11-22(23)26)18-24(30)29(16-20-9-5-4-6-10-20)17-21-14-13-19(2)32-21/h3-14H,1,15-18H2,2H3,(H,27,31). The van der Waals surface area contributed by atoms with Crippen molar-refractivity contribution in [1.29, 1.82) is 0 Å². The van der Waals surface area contributed by atoms with Crippen LogP contribution in [0, 0.1) is 6.92 Å². The number of furan rings is 1. The van der Waals surface area contributed by atoms with Crippen molar-refractivity contribution in [1.82, 2.24) is 9.80 Å². The van der Waals surface area contributed by atoms with E-state index in [-0.39, 0.29) is 25.0 Å². The van der Waals surface area contributed by atoms with E-state index in [1.165, 1.54) is 4.90 Å². The molecule has 166 valence electrons. The Kier molecular flexibility index (Phi) is 8.27. The third kappa shape index (κ3) is 6.59. The second kappa shape index (κ2) is 11.3. The topological polar surface area (TPSA) is 65.8 Å². The monoisotopic (exact) mass is 495 g/mol. The SMILES string of the molecule is C=CCN(CC(=O)N(Cc1ccccc1)Cc1ccc(C)o1)C(=O)Nc1ccccc1Br. The zero-order valence-corrected chi connectivity index (χ0v) is 19.5. The van der Waals surface area contributed by atoms with E-state index in [1.54, 1.807) is 17.0 Å². The Morgan fingerprint density at radius 1 is 1.00 bits per heavy atom. The van der Waals surface area contributed by atoms with Crippen molar-refractivity contribution in [3.8, 4) is 0 Å². The minimum absolute atomic E-state index is 0.0885. The Hall–Kier alpha value is -3.32. The summed E-state index contributed by atoms with van der Waals surface area (Å²) in [5.74, 6) is 1.29. The molecular weight excluding hydrogens is 470 g/mol. The fourth-order valence-corrected chi connectivity index (χ4v) is 3.57. The van der Waals surface area contributed by atoms with Gasteiger partial charge in [-0.25, -0.2) is 4.79 Å². The van der Waals surface area contributed by atoms with Gasteiger partial charge in [-0.1, -0.05) is 48.5 Å². The number of anilines is 1. The third-order valence-corrected chi connectivity index (χ3v) is 5.48. The number of urea groups is 1. The van der Waals surface area contributed by atoms with Crippen molar-refractivity contribution in [3.05, 3.63) is 101 Å². The molecule has 0 aliphatic rings. The van der Waals surface area contributed by atoms with Gasteiger partial charge in [0.25, 0.3) is 0 Å². The van der Waals surface area contributed by atoms with Gasteiger partial charge in [0.15, 0.2) is 0 Å². The zero-order chi connectivity index (χ0) is 22.9. The summed E-state index contributed by atoms with van der Waals surface area (Å²) in [4.78, 5) is 29.3. The van der Waals surface area contributed by atoms with Crippen molar-refractivity contribution in [2.24, 2.45) is 0 Å². The summed E-state index contributed by atoms with van der Waals surface area (Å²) in [6.07, 6.45) is 1.60. The van der Waals surface area contributed by atoms with Crippen LogP contribution < -0.4 is 5.32 Å². The molecule has 1 heterocycles. The van der Waals surface area contributed by atoms with Gasteiger partial charge in [-0.2, -0.15) is 0 Å². The van der Waals surface area contributed by atoms with Crippen LogP contribution in [0.5, 0.6) is 0 Å². The number of rotatable bonds is 9. The Morgan fingerprint density at radius 2 is 1.72 bits per heavy atom. The van der Waals surface area contributed by atoms with E-state index in [0.717, 1.165) is 15.8 Å². The van der Waals surface area contributed by atoms with Gasteiger partial charge < -0.3 is 19.5 Å². The first-order valence-electron chi connectivity index (χ1n) is 10.2. The first-order valence-corrected chi connectivity index (χ1v) is 11.0. The Bertz CT molecular complexity index is 1070. The van der Waals surface area contributed by atoms with Crippen molar-refractivity contribution in [2.75, 3.05) is 18.4 Å². The number of nitrogens with one attached hydrogen (secondary N) is 1. The van der Waals surface area contributed by atoms with Gasteiger partial charge in [-0.05, 0) is 52.7 Å². The number of nitrogens with zero attached hydrogens (tertiary/aromatic N) is 2. The Morgan fingerprint density at radius 3 is 2.38 bits per heavy atom. The van der Waals surface area contributed by atoms with E-state index in [4.69, 9.17) is 4.42 Å². The molecule has 0 atom stereocenters. The van der Waals surface area contributed by atoms with Crippen molar-refractivity contribution >= 4 is 33.6 Å². The average molecular weight is 496 g/mol. The van der Waals surface area contributed by atoms with Gasteiger partial charge in [0.05, 0.1) is 12.2 Å². The van der Waals surface area contributed by atoms with Gasteiger partial charge in [0.2, 0.25) is 5.91 Å². The van der Waals surface area contributed by atoms with Gasteiger partial charge in [0, 0.05) is 17.6 Å². The van der Waals surface area contributed by atoms with Crippen molar-refractivity contribution in [3.63, 3.8) is 0 Å². The fourth-order valence-electron chi connectivity index (χ4n) is 3.19. The molecular formula is C25H26BrN3O3. The predicted molar refractivity (Wildman–Crippen MR) is 129 cm³/mol. The maximum absolute atomic E-state index is 13.3. The third-order valence-electron chi connectivity index (χ3n) is 4.79. The van der Waals surface area contributed by atoms with E-state index in [2.05, 4.69) is 27.8 Å². The summed E-state index contributed by atoms with van der Waals surface area (Å²) in [5.41, 5.74) is 1.63. The molecule has 1 aromatic heterocycles. The summed E-state index contributed by atoms with van der Waals surface area (Å²) in [6.45, 7) is 6.47. The molecule has 0 unspecified atom stereocenters. The van der Waals surface area contributed by atoms with Gasteiger partial charge in [-0.3, -0.25) is 4.79 Å². The first kappa shape index (κ1) is 23.3. The second-order valence-electron chi connectivity index (χ2n) is 7.33. The number of hydrogen-bond donors (Lipinski definition) is 1. The van der Waals surface area contributed by atoms with E-state index >= 15 is 0 Å². The number of para-hydroxylation sites is 1. The number of aryl methyl sites for hydroxylation is 1. The highest BCUT2D eigenvalue weighted by molar-refractivity contribution is 9.10. The van der Waals surface area contributed by atoms with Crippen LogP contribution in [0.15, 0.2) is 88.3 Å². The van der Waals surface area contributed by atoms with Gasteiger partial charge in [0.1, 0.15) is 18.1 Å². The van der Waals surface area contributed by atoms with Crippen LogP contribution in [-0.4, -0.2) is 34.8 Å². The molecule has 3 aromatic rings. The molecule has 2 aromatic carbocycles. The average Bonchev–Trinajstić information content (AvgIpc) is 3.19. The molecule has 6 nitrogen and oxygen atoms in total. The van der Waals surface area contributed by atoms with E-state index in [9.17, 15) is 9.59 Å². The number of hydrogen-bond acceptors (Lipinski definition) is 3. The van der Waals surface area contributed by atoms with Crippen LogP contribution in [0.1, 0.15) is 17.1 Å². The summed E-state index contributed by atoms with van der Waals surface area (Å²) >= 11 is 3.42. The quantitative estimate of drug-likeness (QED) is 0.393. The first-order chi connectivity index (χ1) is 15.5. The molecule has 0 fully saturated rings. The van der Waals surface area contributed by atoms with Crippen LogP contribution >= 0.6 is 15.9 Å². The maximum atomic E-state index is 13.3. The molecule has 1 N–H and O–H groups in total. The molecule has 3 rings (SSSR count). The van der Waals surface area contributed by atoms with Gasteiger partial charge >= 0.3 is 6.03 Å². The Labute approximate surface area is 196 Å². The molecule has 0 bridgehead atoms. The molecule has 0 aliphatic heterocycles. The summed E-state index contributed by atoms with van der Waals surface area (Å²) < 4.78 is 6.45.